The number of aromatic nitrogens is 1. The molecule has 0 aliphatic carbocycles. The second-order valence-corrected chi connectivity index (χ2v) is 4.81. The Balaban J connectivity index is 2.04. The fraction of sp³-hybridized carbons (Fsp3) is 0.400. The topological polar surface area (TPSA) is 54.3 Å². The number of nitrogens with zero attached hydrogens (tertiary/aromatic N) is 1. The number of hydrogen-bond donors (Lipinski definition) is 2. The van der Waals surface area contributed by atoms with Crippen molar-refractivity contribution in [3.63, 3.8) is 0 Å². The monoisotopic (exact) mass is 260 g/mol. The first kappa shape index (κ1) is 13.6. The lowest BCUT2D eigenvalue weighted by atomic mass is 10.1. The van der Waals surface area contributed by atoms with E-state index < -0.39 is 6.10 Å². The Morgan fingerprint density at radius 1 is 1.42 bits per heavy atom. The van der Waals surface area contributed by atoms with Crippen LogP contribution in [0.4, 0.5) is 0 Å². The average molecular weight is 260 g/mol. The number of fused-ring (bicyclic) bond motifs is 1. The number of rotatable bonds is 5. The molecular weight excluding hydrogens is 240 g/mol. The van der Waals surface area contributed by atoms with Gasteiger partial charge in [0.15, 0.2) is 0 Å². The molecule has 4 nitrogen and oxygen atoms in total. The molecule has 102 valence electrons. The van der Waals surface area contributed by atoms with Gasteiger partial charge < -0.3 is 15.0 Å². The minimum atomic E-state index is -0.662. The van der Waals surface area contributed by atoms with E-state index >= 15 is 0 Å². The van der Waals surface area contributed by atoms with Gasteiger partial charge in [0.25, 0.3) is 0 Å². The van der Waals surface area contributed by atoms with Crippen molar-refractivity contribution in [2.24, 2.45) is 7.05 Å². The highest BCUT2D eigenvalue weighted by molar-refractivity contribution is 5.81. The molecule has 1 atom stereocenters. The molecule has 1 aromatic heterocycles. The van der Waals surface area contributed by atoms with Crippen molar-refractivity contribution in [3.05, 3.63) is 36.0 Å². The minimum absolute atomic E-state index is 0.0117. The normalized spacial score (nSPS) is 12.6. The first-order chi connectivity index (χ1) is 9.11. The summed E-state index contributed by atoms with van der Waals surface area (Å²) in [6.07, 6.45) is 2.65. The number of aliphatic hydroxyl groups excluding tert-OH is 1. The first-order valence-corrected chi connectivity index (χ1v) is 6.61. The zero-order valence-electron chi connectivity index (χ0n) is 11.4. The molecule has 1 amide bonds. The van der Waals surface area contributed by atoms with Gasteiger partial charge in [0, 0.05) is 31.7 Å². The average Bonchev–Trinajstić information content (AvgIpc) is 2.77. The molecule has 0 saturated heterocycles. The van der Waals surface area contributed by atoms with Gasteiger partial charge in [-0.05, 0) is 35.6 Å². The Labute approximate surface area is 113 Å². The Morgan fingerprint density at radius 2 is 2.21 bits per heavy atom. The van der Waals surface area contributed by atoms with Gasteiger partial charge in [-0.1, -0.05) is 13.0 Å². The maximum Gasteiger partial charge on any atom is 0.220 e. The lowest BCUT2D eigenvalue weighted by molar-refractivity contribution is -0.121. The molecule has 0 radical (unpaired) electrons. The lowest BCUT2D eigenvalue weighted by Gasteiger charge is -2.12. The highest BCUT2D eigenvalue weighted by Crippen LogP contribution is 2.20. The molecule has 2 N–H and O–H groups in total. The van der Waals surface area contributed by atoms with Crippen molar-refractivity contribution in [2.45, 2.75) is 25.9 Å². The summed E-state index contributed by atoms with van der Waals surface area (Å²) in [4.78, 5) is 11.4. The van der Waals surface area contributed by atoms with Gasteiger partial charge in [0.05, 0.1) is 6.10 Å². The Hall–Kier alpha value is -1.81. The largest absolute Gasteiger partial charge is 0.387 e. The molecule has 1 unspecified atom stereocenters. The number of hydrogen-bond acceptors (Lipinski definition) is 2. The van der Waals surface area contributed by atoms with E-state index in [-0.39, 0.29) is 12.5 Å². The fourth-order valence-electron chi connectivity index (χ4n) is 2.15. The predicted molar refractivity (Wildman–Crippen MR) is 75.8 cm³/mol. The number of aryl methyl sites for hydroxylation is 1. The smallest absolute Gasteiger partial charge is 0.220 e. The minimum Gasteiger partial charge on any atom is -0.387 e. The molecular formula is C15H20N2O2. The number of carbonyl (C=O) groups is 1. The molecule has 19 heavy (non-hydrogen) atoms. The van der Waals surface area contributed by atoms with E-state index in [4.69, 9.17) is 0 Å². The van der Waals surface area contributed by atoms with Crippen LogP contribution in [0, 0.1) is 0 Å². The number of carbonyl (C=O) groups excluding carboxylic acids is 1. The number of benzene rings is 1. The Kier molecular flexibility index (Phi) is 4.22. The van der Waals surface area contributed by atoms with E-state index in [1.165, 1.54) is 0 Å². The van der Waals surface area contributed by atoms with Crippen LogP contribution in [0.25, 0.3) is 10.9 Å². The summed E-state index contributed by atoms with van der Waals surface area (Å²) in [7, 11) is 1.99. The number of nitrogens with one attached hydrogen (secondary N) is 1. The van der Waals surface area contributed by atoms with Crippen molar-refractivity contribution < 1.29 is 9.90 Å². The maximum atomic E-state index is 11.4. The molecule has 2 rings (SSSR count). The van der Waals surface area contributed by atoms with Gasteiger partial charge in [-0.25, -0.2) is 0 Å². The van der Waals surface area contributed by atoms with Crippen LogP contribution in [0.15, 0.2) is 30.5 Å². The van der Waals surface area contributed by atoms with Crippen molar-refractivity contribution in [3.8, 4) is 0 Å². The summed E-state index contributed by atoms with van der Waals surface area (Å²) in [5.74, 6) is -0.0117. The van der Waals surface area contributed by atoms with Crippen LogP contribution in [0.2, 0.25) is 0 Å². The molecule has 2 aromatic rings. The quantitative estimate of drug-likeness (QED) is 0.865. The van der Waals surface area contributed by atoms with Crippen molar-refractivity contribution >= 4 is 16.8 Å². The van der Waals surface area contributed by atoms with Gasteiger partial charge in [-0.2, -0.15) is 0 Å². The van der Waals surface area contributed by atoms with Crippen LogP contribution in [0.3, 0.4) is 0 Å². The van der Waals surface area contributed by atoms with Crippen LogP contribution < -0.4 is 5.32 Å². The molecule has 0 aliphatic heterocycles. The van der Waals surface area contributed by atoms with Gasteiger partial charge in [-0.3, -0.25) is 4.79 Å². The summed E-state index contributed by atoms with van der Waals surface area (Å²) in [6.45, 7) is 2.22. The van der Waals surface area contributed by atoms with Crippen LogP contribution in [-0.2, 0) is 11.8 Å². The molecule has 0 spiro atoms. The molecule has 4 heteroatoms. The zero-order chi connectivity index (χ0) is 13.8. The summed E-state index contributed by atoms with van der Waals surface area (Å²) < 4.78 is 2.04. The molecule has 0 saturated carbocycles. The second-order valence-electron chi connectivity index (χ2n) is 4.81. The van der Waals surface area contributed by atoms with E-state index in [0.717, 1.165) is 22.9 Å². The molecule has 1 heterocycles. The summed E-state index contributed by atoms with van der Waals surface area (Å²) in [5, 5.41) is 13.9. The van der Waals surface area contributed by atoms with Crippen LogP contribution >= 0.6 is 0 Å². The van der Waals surface area contributed by atoms with Crippen molar-refractivity contribution in [2.75, 3.05) is 6.54 Å². The molecule has 0 aliphatic rings. The van der Waals surface area contributed by atoms with Crippen LogP contribution in [0.5, 0.6) is 0 Å². The van der Waals surface area contributed by atoms with E-state index in [1.54, 1.807) is 0 Å². The highest BCUT2D eigenvalue weighted by atomic mass is 16.3. The third-order valence-electron chi connectivity index (χ3n) is 3.26. The van der Waals surface area contributed by atoms with Crippen LogP contribution in [-0.4, -0.2) is 22.1 Å². The van der Waals surface area contributed by atoms with Gasteiger partial charge in [0.2, 0.25) is 5.91 Å². The van der Waals surface area contributed by atoms with Crippen molar-refractivity contribution in [1.29, 1.82) is 0 Å². The third kappa shape index (κ3) is 3.15. The summed E-state index contributed by atoms with van der Waals surface area (Å²) in [5.41, 5.74) is 1.96. The zero-order valence-corrected chi connectivity index (χ0v) is 11.4. The van der Waals surface area contributed by atoms with Crippen LogP contribution in [0.1, 0.15) is 31.4 Å². The maximum absolute atomic E-state index is 11.4. The molecule has 1 aromatic carbocycles. The number of amides is 1. The highest BCUT2D eigenvalue weighted by Gasteiger charge is 2.10. The summed E-state index contributed by atoms with van der Waals surface area (Å²) >= 11 is 0. The predicted octanol–water partition coefficient (Wildman–Crippen LogP) is 2.13. The van der Waals surface area contributed by atoms with E-state index in [1.807, 2.05) is 49.0 Å². The van der Waals surface area contributed by atoms with Gasteiger partial charge in [-0.15, -0.1) is 0 Å². The Morgan fingerprint density at radius 3 is 2.95 bits per heavy atom. The summed E-state index contributed by atoms with van der Waals surface area (Å²) in [6, 6.07) is 7.87. The molecule has 0 fully saturated rings. The third-order valence-corrected chi connectivity index (χ3v) is 3.26. The standard InChI is InChI=1S/C15H20N2O2/c1-3-4-15(19)16-10-14(18)12-5-6-13-11(9-12)7-8-17(13)2/h5-9,14,18H,3-4,10H2,1-2H3,(H,16,19). The fourth-order valence-corrected chi connectivity index (χ4v) is 2.15. The molecule has 0 bridgehead atoms. The van der Waals surface area contributed by atoms with Crippen molar-refractivity contribution in [1.82, 2.24) is 9.88 Å². The number of aliphatic hydroxyl groups is 1. The van der Waals surface area contributed by atoms with Gasteiger partial charge >= 0.3 is 0 Å². The van der Waals surface area contributed by atoms with Gasteiger partial charge in [0.1, 0.15) is 0 Å². The van der Waals surface area contributed by atoms with E-state index in [9.17, 15) is 9.90 Å². The Bertz CT molecular complexity index is 575. The van der Waals surface area contributed by atoms with E-state index in [2.05, 4.69) is 5.32 Å². The lowest BCUT2D eigenvalue weighted by Crippen LogP contribution is -2.27. The first-order valence-electron chi connectivity index (χ1n) is 6.61. The van der Waals surface area contributed by atoms with E-state index in [0.29, 0.717) is 6.42 Å². The SMILES string of the molecule is CCCC(=O)NCC(O)c1ccc2c(ccn2C)c1. The second kappa shape index (κ2) is 5.89.